The van der Waals surface area contributed by atoms with Gasteiger partial charge in [-0.1, -0.05) is 19.1 Å². The van der Waals surface area contributed by atoms with Crippen molar-refractivity contribution >= 4 is 5.69 Å². The minimum Gasteiger partial charge on any atom is -0.378 e. The molecule has 19 heavy (non-hydrogen) atoms. The van der Waals surface area contributed by atoms with E-state index in [1.807, 2.05) is 0 Å². The minimum atomic E-state index is 0.657. The van der Waals surface area contributed by atoms with Crippen molar-refractivity contribution in [3.8, 4) is 0 Å². The van der Waals surface area contributed by atoms with Crippen LogP contribution in [0.25, 0.3) is 0 Å². The third kappa shape index (κ3) is 3.95. The second kappa shape index (κ2) is 6.40. The first-order chi connectivity index (χ1) is 9.06. The van der Waals surface area contributed by atoms with Gasteiger partial charge in [0.05, 0.1) is 0 Å². The first-order valence-corrected chi connectivity index (χ1v) is 7.24. The average molecular weight is 261 g/mol. The van der Waals surface area contributed by atoms with Gasteiger partial charge in [0, 0.05) is 38.9 Å². The molecule has 2 unspecified atom stereocenters. The van der Waals surface area contributed by atoms with Crippen molar-refractivity contribution < 1.29 is 0 Å². The first kappa shape index (κ1) is 14.4. The second-order valence-electron chi connectivity index (χ2n) is 6.08. The highest BCUT2D eigenvalue weighted by atomic mass is 15.1. The van der Waals surface area contributed by atoms with E-state index >= 15 is 0 Å². The minimum absolute atomic E-state index is 0.657. The summed E-state index contributed by atoms with van der Waals surface area (Å²) in [5, 5.41) is 3.72. The summed E-state index contributed by atoms with van der Waals surface area (Å²) in [5.74, 6) is 0.736. The maximum Gasteiger partial charge on any atom is 0.0361 e. The highest BCUT2D eigenvalue weighted by molar-refractivity contribution is 5.45. The zero-order valence-corrected chi connectivity index (χ0v) is 12.7. The van der Waals surface area contributed by atoms with Gasteiger partial charge in [-0.2, -0.15) is 0 Å². The monoisotopic (exact) mass is 261 g/mol. The Morgan fingerprint density at radius 3 is 2.53 bits per heavy atom. The van der Waals surface area contributed by atoms with Crippen molar-refractivity contribution in [2.45, 2.75) is 25.9 Å². The average Bonchev–Trinajstić information content (AvgIpc) is 2.38. The topological polar surface area (TPSA) is 18.5 Å². The molecule has 1 heterocycles. The van der Waals surface area contributed by atoms with Gasteiger partial charge in [0.1, 0.15) is 0 Å². The zero-order valence-electron chi connectivity index (χ0n) is 12.7. The molecule has 0 amide bonds. The molecular formula is C16H27N3. The van der Waals surface area contributed by atoms with Crippen LogP contribution in [0.3, 0.4) is 0 Å². The van der Waals surface area contributed by atoms with Gasteiger partial charge in [-0.25, -0.2) is 0 Å². The molecule has 1 fully saturated rings. The van der Waals surface area contributed by atoms with E-state index in [1.54, 1.807) is 0 Å². The Hall–Kier alpha value is -1.06. The number of piperidine rings is 1. The molecule has 0 aliphatic carbocycles. The summed E-state index contributed by atoms with van der Waals surface area (Å²) >= 11 is 0. The smallest absolute Gasteiger partial charge is 0.0361 e. The Kier molecular flexibility index (Phi) is 4.83. The molecule has 2 rings (SSSR count). The molecule has 1 N–H and O–H groups in total. The Morgan fingerprint density at radius 1 is 1.26 bits per heavy atom. The standard InChI is InChI=1S/C16H27N3/c1-13-12-19(4)10-9-16(13)17-11-14-5-7-15(8-6-14)18(2)3/h5-8,13,16-17H,9-12H2,1-4H3. The largest absolute Gasteiger partial charge is 0.378 e. The zero-order chi connectivity index (χ0) is 13.8. The lowest BCUT2D eigenvalue weighted by Crippen LogP contribution is -2.46. The molecular weight excluding hydrogens is 234 g/mol. The van der Waals surface area contributed by atoms with Crippen molar-refractivity contribution in [3.05, 3.63) is 29.8 Å². The van der Waals surface area contributed by atoms with Crippen LogP contribution in [0.1, 0.15) is 18.9 Å². The number of nitrogens with zero attached hydrogens (tertiary/aromatic N) is 2. The van der Waals surface area contributed by atoms with Gasteiger partial charge in [-0.3, -0.25) is 0 Å². The number of anilines is 1. The fourth-order valence-electron chi connectivity index (χ4n) is 2.82. The van der Waals surface area contributed by atoms with Crippen molar-refractivity contribution in [2.75, 3.05) is 39.1 Å². The van der Waals surface area contributed by atoms with E-state index in [2.05, 4.69) is 67.4 Å². The molecule has 0 aromatic heterocycles. The number of likely N-dealkylation sites (tertiary alicyclic amines) is 1. The van der Waals surface area contributed by atoms with Crippen LogP contribution in [0, 0.1) is 5.92 Å². The van der Waals surface area contributed by atoms with Crippen LogP contribution in [0.2, 0.25) is 0 Å². The number of rotatable bonds is 4. The van der Waals surface area contributed by atoms with Crippen LogP contribution >= 0.6 is 0 Å². The maximum absolute atomic E-state index is 3.72. The van der Waals surface area contributed by atoms with E-state index in [0.717, 1.165) is 12.5 Å². The molecule has 0 bridgehead atoms. The predicted molar refractivity (Wildman–Crippen MR) is 82.7 cm³/mol. The van der Waals surface area contributed by atoms with Crippen LogP contribution in [-0.4, -0.2) is 45.2 Å². The van der Waals surface area contributed by atoms with Crippen LogP contribution in [0.15, 0.2) is 24.3 Å². The summed E-state index contributed by atoms with van der Waals surface area (Å²) in [6, 6.07) is 9.48. The number of hydrogen-bond acceptors (Lipinski definition) is 3. The molecule has 3 nitrogen and oxygen atoms in total. The van der Waals surface area contributed by atoms with Gasteiger partial charge >= 0.3 is 0 Å². The van der Waals surface area contributed by atoms with E-state index < -0.39 is 0 Å². The highest BCUT2D eigenvalue weighted by Gasteiger charge is 2.23. The van der Waals surface area contributed by atoms with Crippen molar-refractivity contribution in [1.29, 1.82) is 0 Å². The Bertz CT molecular complexity index is 385. The molecule has 3 heteroatoms. The Balaban J connectivity index is 1.85. The summed E-state index contributed by atoms with van der Waals surface area (Å²) < 4.78 is 0. The molecule has 1 aliphatic rings. The lowest BCUT2D eigenvalue weighted by molar-refractivity contribution is 0.174. The highest BCUT2D eigenvalue weighted by Crippen LogP contribution is 2.17. The van der Waals surface area contributed by atoms with Gasteiger partial charge < -0.3 is 15.1 Å². The lowest BCUT2D eigenvalue weighted by atomic mass is 9.94. The fraction of sp³-hybridized carbons (Fsp3) is 0.625. The number of benzene rings is 1. The molecule has 0 saturated carbocycles. The van der Waals surface area contributed by atoms with E-state index in [-0.39, 0.29) is 0 Å². The molecule has 1 aromatic carbocycles. The molecule has 1 saturated heterocycles. The Morgan fingerprint density at radius 2 is 1.95 bits per heavy atom. The van der Waals surface area contributed by atoms with Gasteiger partial charge in [-0.05, 0) is 43.6 Å². The van der Waals surface area contributed by atoms with Crippen molar-refractivity contribution in [1.82, 2.24) is 10.2 Å². The van der Waals surface area contributed by atoms with Crippen molar-refractivity contribution in [2.24, 2.45) is 5.92 Å². The summed E-state index contributed by atoms with van der Waals surface area (Å²) in [6.45, 7) is 5.74. The van der Waals surface area contributed by atoms with Gasteiger partial charge in [0.2, 0.25) is 0 Å². The second-order valence-corrected chi connectivity index (χ2v) is 6.08. The van der Waals surface area contributed by atoms with Crippen LogP contribution in [0.4, 0.5) is 5.69 Å². The van der Waals surface area contributed by atoms with E-state index in [4.69, 9.17) is 0 Å². The number of hydrogen-bond donors (Lipinski definition) is 1. The summed E-state index contributed by atoms with van der Waals surface area (Å²) in [6.07, 6.45) is 1.26. The normalized spacial score (nSPS) is 24.4. The van der Waals surface area contributed by atoms with E-state index in [9.17, 15) is 0 Å². The fourth-order valence-corrected chi connectivity index (χ4v) is 2.82. The lowest BCUT2D eigenvalue weighted by Gasteiger charge is -2.35. The van der Waals surface area contributed by atoms with E-state index in [1.165, 1.54) is 30.8 Å². The summed E-state index contributed by atoms with van der Waals surface area (Å²) in [4.78, 5) is 4.56. The first-order valence-electron chi connectivity index (χ1n) is 7.24. The molecule has 1 aliphatic heterocycles. The predicted octanol–water partition coefficient (Wildman–Crippen LogP) is 2.18. The summed E-state index contributed by atoms with van der Waals surface area (Å²) in [5.41, 5.74) is 2.63. The SMILES string of the molecule is CC1CN(C)CCC1NCc1ccc(N(C)C)cc1. The number of nitrogens with one attached hydrogen (secondary N) is 1. The van der Waals surface area contributed by atoms with Crippen molar-refractivity contribution in [3.63, 3.8) is 0 Å². The molecule has 106 valence electrons. The third-order valence-electron chi connectivity index (χ3n) is 4.13. The van der Waals surface area contributed by atoms with Crippen LogP contribution in [-0.2, 0) is 6.54 Å². The summed E-state index contributed by atoms with van der Waals surface area (Å²) in [7, 11) is 6.37. The molecule has 0 spiro atoms. The Labute approximate surface area is 117 Å². The maximum atomic E-state index is 3.72. The molecule has 0 radical (unpaired) electrons. The van der Waals surface area contributed by atoms with E-state index in [0.29, 0.717) is 6.04 Å². The van der Waals surface area contributed by atoms with Crippen LogP contribution in [0.5, 0.6) is 0 Å². The van der Waals surface area contributed by atoms with Gasteiger partial charge in [-0.15, -0.1) is 0 Å². The third-order valence-corrected chi connectivity index (χ3v) is 4.13. The van der Waals surface area contributed by atoms with Crippen LogP contribution < -0.4 is 10.2 Å². The quantitative estimate of drug-likeness (QED) is 0.896. The van der Waals surface area contributed by atoms with Gasteiger partial charge in [0.25, 0.3) is 0 Å². The molecule has 2 atom stereocenters. The molecule has 1 aromatic rings. The van der Waals surface area contributed by atoms with Gasteiger partial charge in [0.15, 0.2) is 0 Å².